The number of Topliss-reactive ketones (excluding diaryl/α,β-unsaturated/α-hetero) is 1. The average molecular weight is 472 g/mol. The third-order valence-electron chi connectivity index (χ3n) is 5.95. The standard InChI is InChI=1S/C24H26ClN3O3S/c1-14-4-3-5-20(21(29)8-14)28-13-17-10-18(32-22(17)23(28)30)12-27-24(31)26-11-16-7-6-15(2)19(25)9-16/h6-7,9-10,20H,1,3-5,8,11-13H2,2H3,(H2,26,27,31)/t20-/m0/s1. The summed E-state index contributed by atoms with van der Waals surface area (Å²) in [4.78, 5) is 41.0. The van der Waals surface area contributed by atoms with Crippen LogP contribution in [0.4, 0.5) is 4.79 Å². The summed E-state index contributed by atoms with van der Waals surface area (Å²) in [5, 5.41) is 6.32. The number of carbonyl (C=O) groups excluding carboxylic acids is 3. The SMILES string of the molecule is C=C1CCC[C@H](N2Cc3cc(CNC(=O)NCc4ccc(C)c(Cl)c4)sc3C2=O)C(=O)C1. The molecule has 0 unspecified atom stereocenters. The molecule has 1 fully saturated rings. The highest BCUT2D eigenvalue weighted by Crippen LogP contribution is 2.34. The van der Waals surface area contributed by atoms with Crippen molar-refractivity contribution < 1.29 is 14.4 Å². The lowest BCUT2D eigenvalue weighted by Crippen LogP contribution is -2.40. The van der Waals surface area contributed by atoms with Gasteiger partial charge in [-0.1, -0.05) is 35.9 Å². The minimum Gasteiger partial charge on any atom is -0.334 e. The minimum atomic E-state index is -0.357. The summed E-state index contributed by atoms with van der Waals surface area (Å²) in [5.41, 5.74) is 3.80. The van der Waals surface area contributed by atoms with Gasteiger partial charge in [-0.2, -0.15) is 0 Å². The molecule has 3 amide bonds. The fraction of sp³-hybridized carbons (Fsp3) is 0.375. The van der Waals surface area contributed by atoms with Crippen molar-refractivity contribution in [3.8, 4) is 0 Å². The number of urea groups is 1. The van der Waals surface area contributed by atoms with E-state index in [1.807, 2.05) is 31.2 Å². The number of aryl methyl sites for hydroxylation is 1. The van der Waals surface area contributed by atoms with E-state index in [0.717, 1.165) is 40.0 Å². The van der Waals surface area contributed by atoms with Gasteiger partial charge in [0.15, 0.2) is 5.78 Å². The lowest BCUT2D eigenvalue weighted by atomic mass is 10.1. The number of nitrogens with one attached hydrogen (secondary N) is 2. The number of ketones is 1. The molecule has 168 valence electrons. The maximum Gasteiger partial charge on any atom is 0.315 e. The molecule has 1 aromatic heterocycles. The van der Waals surface area contributed by atoms with Gasteiger partial charge >= 0.3 is 6.03 Å². The lowest BCUT2D eigenvalue weighted by Gasteiger charge is -2.25. The fourth-order valence-corrected chi connectivity index (χ4v) is 5.43. The summed E-state index contributed by atoms with van der Waals surface area (Å²) >= 11 is 7.51. The number of amides is 3. The van der Waals surface area contributed by atoms with Crippen LogP contribution in [0.25, 0.3) is 0 Å². The highest BCUT2D eigenvalue weighted by atomic mass is 35.5. The molecule has 1 aliphatic heterocycles. The van der Waals surface area contributed by atoms with Crippen LogP contribution >= 0.6 is 22.9 Å². The van der Waals surface area contributed by atoms with E-state index in [4.69, 9.17) is 11.6 Å². The number of halogens is 1. The first-order chi connectivity index (χ1) is 15.3. The predicted molar refractivity (Wildman–Crippen MR) is 126 cm³/mol. The Kier molecular flexibility index (Phi) is 6.67. The van der Waals surface area contributed by atoms with Crippen molar-refractivity contribution in [1.82, 2.24) is 15.5 Å². The van der Waals surface area contributed by atoms with Gasteiger partial charge in [-0.15, -0.1) is 11.3 Å². The van der Waals surface area contributed by atoms with E-state index >= 15 is 0 Å². The number of benzene rings is 1. The predicted octanol–water partition coefficient (Wildman–Crippen LogP) is 4.73. The van der Waals surface area contributed by atoms with Gasteiger partial charge < -0.3 is 15.5 Å². The van der Waals surface area contributed by atoms with Gasteiger partial charge in [-0.05, 0) is 55.0 Å². The van der Waals surface area contributed by atoms with Crippen LogP contribution in [0.5, 0.6) is 0 Å². The topological polar surface area (TPSA) is 78.5 Å². The molecule has 2 N–H and O–H groups in total. The van der Waals surface area contributed by atoms with Crippen LogP contribution in [-0.2, 0) is 24.4 Å². The molecular formula is C24H26ClN3O3S. The fourth-order valence-electron chi connectivity index (χ4n) is 4.16. The quantitative estimate of drug-likeness (QED) is 0.488. The van der Waals surface area contributed by atoms with Crippen molar-refractivity contribution in [2.24, 2.45) is 0 Å². The second-order valence-corrected chi connectivity index (χ2v) is 9.96. The number of fused-ring (bicyclic) bond motifs is 1. The highest BCUT2D eigenvalue weighted by Gasteiger charge is 2.38. The molecule has 6 nitrogen and oxygen atoms in total. The van der Waals surface area contributed by atoms with Gasteiger partial charge in [-0.3, -0.25) is 9.59 Å². The van der Waals surface area contributed by atoms with Crippen molar-refractivity contribution >= 4 is 40.7 Å². The van der Waals surface area contributed by atoms with Gasteiger partial charge in [0.25, 0.3) is 5.91 Å². The van der Waals surface area contributed by atoms with Crippen molar-refractivity contribution in [2.75, 3.05) is 0 Å². The zero-order valence-corrected chi connectivity index (χ0v) is 19.6. The second-order valence-electron chi connectivity index (χ2n) is 8.42. The van der Waals surface area contributed by atoms with Gasteiger partial charge in [-0.25, -0.2) is 4.79 Å². The number of hydrogen-bond donors (Lipinski definition) is 2. The molecule has 8 heteroatoms. The summed E-state index contributed by atoms with van der Waals surface area (Å²) in [7, 11) is 0. The molecule has 1 aliphatic carbocycles. The number of carbonyl (C=O) groups is 3. The molecule has 0 bridgehead atoms. The molecule has 32 heavy (non-hydrogen) atoms. The van der Waals surface area contributed by atoms with Crippen LogP contribution in [0, 0.1) is 6.92 Å². The molecule has 1 aromatic carbocycles. The van der Waals surface area contributed by atoms with Gasteiger partial charge in [0.05, 0.1) is 17.5 Å². The average Bonchev–Trinajstić information content (AvgIpc) is 3.23. The molecule has 2 aromatic rings. The highest BCUT2D eigenvalue weighted by molar-refractivity contribution is 7.14. The summed E-state index contributed by atoms with van der Waals surface area (Å²) in [6.45, 7) is 7.05. The summed E-state index contributed by atoms with van der Waals surface area (Å²) < 4.78 is 0. The van der Waals surface area contributed by atoms with Gasteiger partial charge in [0.1, 0.15) is 0 Å². The van der Waals surface area contributed by atoms with Crippen LogP contribution in [0.2, 0.25) is 5.02 Å². The Morgan fingerprint density at radius 3 is 2.78 bits per heavy atom. The van der Waals surface area contributed by atoms with Crippen molar-refractivity contribution in [2.45, 2.75) is 58.3 Å². The third kappa shape index (κ3) is 4.89. The molecule has 0 saturated heterocycles. The molecule has 1 saturated carbocycles. The van der Waals surface area contributed by atoms with Crippen molar-refractivity contribution in [3.63, 3.8) is 0 Å². The van der Waals surface area contributed by atoms with Gasteiger partial charge in [0, 0.05) is 29.4 Å². The van der Waals surface area contributed by atoms with E-state index in [1.54, 1.807) is 4.90 Å². The molecule has 0 radical (unpaired) electrons. The summed E-state index contributed by atoms with van der Waals surface area (Å²) in [5.74, 6) is 0.00671. The van der Waals surface area contributed by atoms with Crippen molar-refractivity contribution in [1.29, 1.82) is 0 Å². The maximum absolute atomic E-state index is 12.9. The van der Waals surface area contributed by atoms with E-state index in [0.29, 0.717) is 42.4 Å². The first-order valence-electron chi connectivity index (χ1n) is 10.7. The Labute approximate surface area is 196 Å². The number of allylic oxidation sites excluding steroid dienone is 1. The van der Waals surface area contributed by atoms with E-state index < -0.39 is 0 Å². The van der Waals surface area contributed by atoms with Crippen LogP contribution in [0.1, 0.15) is 56.9 Å². The van der Waals surface area contributed by atoms with Crippen LogP contribution in [0.3, 0.4) is 0 Å². The number of rotatable bonds is 5. The Morgan fingerprint density at radius 2 is 2.03 bits per heavy atom. The first kappa shape index (κ1) is 22.6. The zero-order valence-electron chi connectivity index (χ0n) is 18.0. The van der Waals surface area contributed by atoms with Crippen molar-refractivity contribution in [3.05, 3.63) is 67.9 Å². The molecule has 1 atom stereocenters. The molecule has 2 heterocycles. The Balaban J connectivity index is 1.30. The van der Waals surface area contributed by atoms with E-state index in [-0.39, 0.29) is 23.8 Å². The summed E-state index contributed by atoms with van der Waals surface area (Å²) in [6.07, 6.45) is 2.78. The number of hydrogen-bond acceptors (Lipinski definition) is 4. The maximum atomic E-state index is 12.9. The van der Waals surface area contributed by atoms with E-state index in [9.17, 15) is 14.4 Å². The normalized spacial score (nSPS) is 18.5. The molecule has 4 rings (SSSR count). The lowest BCUT2D eigenvalue weighted by molar-refractivity contribution is -0.122. The Hall–Kier alpha value is -2.64. The smallest absolute Gasteiger partial charge is 0.315 e. The van der Waals surface area contributed by atoms with Crippen LogP contribution < -0.4 is 10.6 Å². The van der Waals surface area contributed by atoms with E-state index in [1.165, 1.54) is 11.3 Å². The second kappa shape index (κ2) is 9.46. The van der Waals surface area contributed by atoms with E-state index in [2.05, 4.69) is 17.2 Å². The molecule has 0 spiro atoms. The monoisotopic (exact) mass is 471 g/mol. The van der Waals surface area contributed by atoms with Crippen LogP contribution in [0.15, 0.2) is 36.4 Å². The number of thiophene rings is 1. The molecular weight excluding hydrogens is 446 g/mol. The summed E-state index contributed by atoms with van der Waals surface area (Å²) in [6, 6.07) is 7.00. The van der Waals surface area contributed by atoms with Gasteiger partial charge in [0.2, 0.25) is 0 Å². The Morgan fingerprint density at radius 1 is 1.25 bits per heavy atom. The first-order valence-corrected chi connectivity index (χ1v) is 11.9. The molecule has 2 aliphatic rings. The largest absolute Gasteiger partial charge is 0.334 e. The minimum absolute atomic E-state index is 0.0807. The zero-order chi connectivity index (χ0) is 22.8. The van der Waals surface area contributed by atoms with Crippen LogP contribution in [-0.4, -0.2) is 28.7 Å². The third-order valence-corrected chi connectivity index (χ3v) is 7.52. The Bertz CT molecular complexity index is 1090. The number of nitrogens with zero attached hydrogens (tertiary/aromatic N) is 1.